The van der Waals surface area contributed by atoms with Crippen LogP contribution in [0.25, 0.3) is 0 Å². The van der Waals surface area contributed by atoms with Gasteiger partial charge >= 0.3 is 0 Å². The van der Waals surface area contributed by atoms with Crippen molar-refractivity contribution in [2.75, 3.05) is 32.2 Å². The Balaban J connectivity index is 1.81. The van der Waals surface area contributed by atoms with E-state index in [2.05, 4.69) is 0 Å². The maximum Gasteiger partial charge on any atom is 0.255 e. The molecule has 1 aliphatic rings. The minimum atomic E-state index is -1.06. The number of hydrogen-bond acceptors (Lipinski definition) is 4. The summed E-state index contributed by atoms with van der Waals surface area (Å²) < 4.78 is 10.9. The molecule has 0 saturated heterocycles. The van der Waals surface area contributed by atoms with Gasteiger partial charge in [-0.05, 0) is 56.2 Å². The highest BCUT2D eigenvalue weighted by Gasteiger charge is 2.50. The fraction of sp³-hybridized carbons (Fsp3) is 0.310. The average Bonchev–Trinajstić information content (AvgIpc) is 3.12. The summed E-state index contributed by atoms with van der Waals surface area (Å²) in [6.07, 6.45) is 0. The number of amides is 2. The fourth-order valence-corrected chi connectivity index (χ4v) is 5.36. The number of nitrogens with zero attached hydrogens (tertiary/aromatic N) is 2. The largest absolute Gasteiger partial charge is 0.497 e. The second-order valence-electron chi connectivity index (χ2n) is 8.86. The molecular weight excluding hydrogens is 476 g/mol. The number of halogens is 1. The van der Waals surface area contributed by atoms with Crippen LogP contribution in [0, 0.1) is 0 Å². The topological polar surface area (TPSA) is 59.1 Å². The summed E-state index contributed by atoms with van der Waals surface area (Å²) in [5.74, 6) is 1.05. The standard InChI is InChI=1S/C29H31ClN2O4/c1-6-31(7-2)27(33)21-11-10-13-23(26(21)30)29(3)22-12-8-9-14-24(22)32(28(29)34)18-19-15-16-20(35-4)17-25(19)36-5/h8-17H,6-7,18H2,1-5H3. The molecule has 3 aromatic carbocycles. The molecule has 188 valence electrons. The highest BCUT2D eigenvalue weighted by Crippen LogP contribution is 2.49. The van der Waals surface area contributed by atoms with Gasteiger partial charge in [0.05, 0.1) is 31.4 Å². The first kappa shape index (κ1) is 25.6. The Kier molecular flexibility index (Phi) is 7.27. The number of methoxy groups -OCH3 is 2. The number of para-hydroxylation sites is 1. The summed E-state index contributed by atoms with van der Waals surface area (Å²) >= 11 is 6.90. The molecule has 7 heteroatoms. The van der Waals surface area contributed by atoms with Gasteiger partial charge in [-0.1, -0.05) is 41.9 Å². The van der Waals surface area contributed by atoms with Crippen LogP contribution in [0.15, 0.2) is 60.7 Å². The van der Waals surface area contributed by atoms with Crippen molar-refractivity contribution in [2.45, 2.75) is 32.7 Å². The van der Waals surface area contributed by atoms with Crippen molar-refractivity contribution in [1.82, 2.24) is 4.90 Å². The molecule has 1 atom stereocenters. The minimum absolute atomic E-state index is 0.115. The summed E-state index contributed by atoms with van der Waals surface area (Å²) in [6, 6.07) is 18.6. The lowest BCUT2D eigenvalue weighted by atomic mass is 9.76. The van der Waals surface area contributed by atoms with E-state index in [-0.39, 0.29) is 11.8 Å². The highest BCUT2D eigenvalue weighted by molar-refractivity contribution is 6.35. The SMILES string of the molecule is CCN(CC)C(=O)c1cccc(C2(C)C(=O)N(Cc3ccc(OC)cc3OC)c3ccccc32)c1Cl. The number of rotatable bonds is 8. The van der Waals surface area contributed by atoms with E-state index in [1.165, 1.54) is 0 Å². The van der Waals surface area contributed by atoms with Gasteiger partial charge in [-0.15, -0.1) is 0 Å². The van der Waals surface area contributed by atoms with E-state index in [4.69, 9.17) is 21.1 Å². The number of hydrogen-bond donors (Lipinski definition) is 0. The van der Waals surface area contributed by atoms with Gasteiger partial charge in [0.2, 0.25) is 5.91 Å². The zero-order valence-corrected chi connectivity index (χ0v) is 22.1. The van der Waals surface area contributed by atoms with Crippen LogP contribution in [0.5, 0.6) is 11.5 Å². The molecule has 0 bridgehead atoms. The van der Waals surface area contributed by atoms with Crippen LogP contribution in [0.1, 0.15) is 47.8 Å². The number of benzene rings is 3. The van der Waals surface area contributed by atoms with E-state index < -0.39 is 5.41 Å². The van der Waals surface area contributed by atoms with Gasteiger partial charge in [0.1, 0.15) is 16.9 Å². The number of fused-ring (bicyclic) bond motifs is 1. The predicted molar refractivity (Wildman–Crippen MR) is 142 cm³/mol. The molecule has 0 fully saturated rings. The second kappa shape index (κ2) is 10.2. The number of carbonyl (C=O) groups is 2. The lowest BCUT2D eigenvalue weighted by Crippen LogP contribution is -2.39. The van der Waals surface area contributed by atoms with Crippen LogP contribution in [-0.4, -0.2) is 44.0 Å². The lowest BCUT2D eigenvalue weighted by Gasteiger charge is -2.28. The molecule has 0 saturated carbocycles. The first-order valence-electron chi connectivity index (χ1n) is 12.0. The molecule has 0 N–H and O–H groups in total. The molecule has 3 aromatic rings. The van der Waals surface area contributed by atoms with Crippen molar-refractivity contribution < 1.29 is 19.1 Å². The van der Waals surface area contributed by atoms with Crippen molar-refractivity contribution in [3.63, 3.8) is 0 Å². The number of anilines is 1. The highest BCUT2D eigenvalue weighted by atomic mass is 35.5. The van der Waals surface area contributed by atoms with Gasteiger partial charge in [0.25, 0.3) is 5.91 Å². The van der Waals surface area contributed by atoms with Gasteiger partial charge in [-0.3, -0.25) is 9.59 Å². The minimum Gasteiger partial charge on any atom is -0.497 e. The smallest absolute Gasteiger partial charge is 0.255 e. The predicted octanol–water partition coefficient (Wildman–Crippen LogP) is 5.69. The molecule has 6 nitrogen and oxygen atoms in total. The van der Waals surface area contributed by atoms with E-state index >= 15 is 0 Å². The number of carbonyl (C=O) groups excluding carboxylic acids is 2. The third-order valence-electron chi connectivity index (χ3n) is 7.05. The summed E-state index contributed by atoms with van der Waals surface area (Å²) in [4.78, 5) is 30.9. The maximum absolute atomic E-state index is 14.2. The Morgan fingerprint density at radius 1 is 0.972 bits per heavy atom. The Labute approximate surface area is 217 Å². The van der Waals surface area contributed by atoms with Crippen molar-refractivity contribution in [3.8, 4) is 11.5 Å². The zero-order chi connectivity index (χ0) is 26.0. The summed E-state index contributed by atoms with van der Waals surface area (Å²) in [5, 5.41) is 0.309. The van der Waals surface area contributed by atoms with E-state index in [9.17, 15) is 9.59 Å². The van der Waals surface area contributed by atoms with Crippen molar-refractivity contribution in [2.24, 2.45) is 0 Å². The van der Waals surface area contributed by atoms with E-state index in [1.807, 2.05) is 63.2 Å². The lowest BCUT2D eigenvalue weighted by molar-refractivity contribution is -0.121. The molecule has 2 amide bonds. The molecule has 36 heavy (non-hydrogen) atoms. The van der Waals surface area contributed by atoms with Crippen molar-refractivity contribution in [3.05, 3.63) is 87.9 Å². The average molecular weight is 507 g/mol. The van der Waals surface area contributed by atoms with Gasteiger partial charge in [-0.2, -0.15) is 0 Å². The van der Waals surface area contributed by atoms with Gasteiger partial charge in [-0.25, -0.2) is 0 Å². The monoisotopic (exact) mass is 506 g/mol. The van der Waals surface area contributed by atoms with Crippen LogP contribution >= 0.6 is 11.6 Å². The fourth-order valence-electron chi connectivity index (χ4n) is 4.96. The number of ether oxygens (including phenoxy) is 2. The van der Waals surface area contributed by atoms with Crippen LogP contribution in [0.3, 0.4) is 0 Å². The van der Waals surface area contributed by atoms with Crippen molar-refractivity contribution >= 4 is 29.1 Å². The van der Waals surface area contributed by atoms with E-state index in [0.29, 0.717) is 47.3 Å². The molecule has 0 aromatic heterocycles. The molecule has 4 rings (SSSR count). The van der Waals surface area contributed by atoms with Crippen LogP contribution in [0.4, 0.5) is 5.69 Å². The van der Waals surface area contributed by atoms with Gasteiger partial charge < -0.3 is 19.3 Å². The molecule has 1 heterocycles. The van der Waals surface area contributed by atoms with E-state index in [1.54, 1.807) is 42.2 Å². The Morgan fingerprint density at radius 2 is 1.67 bits per heavy atom. The van der Waals surface area contributed by atoms with Gasteiger partial charge in [0, 0.05) is 30.4 Å². The second-order valence-corrected chi connectivity index (χ2v) is 9.23. The molecule has 0 spiro atoms. The Hall–Kier alpha value is -3.51. The maximum atomic E-state index is 14.2. The quantitative estimate of drug-likeness (QED) is 0.393. The van der Waals surface area contributed by atoms with Crippen LogP contribution < -0.4 is 14.4 Å². The first-order valence-corrected chi connectivity index (χ1v) is 12.4. The molecule has 1 unspecified atom stereocenters. The molecule has 0 radical (unpaired) electrons. The van der Waals surface area contributed by atoms with Gasteiger partial charge in [0.15, 0.2) is 0 Å². The van der Waals surface area contributed by atoms with Crippen LogP contribution in [0.2, 0.25) is 5.02 Å². The summed E-state index contributed by atoms with van der Waals surface area (Å²) in [5.41, 5.74) is 2.45. The molecule has 0 aliphatic carbocycles. The first-order chi connectivity index (χ1) is 17.3. The third-order valence-corrected chi connectivity index (χ3v) is 7.45. The Morgan fingerprint density at radius 3 is 2.33 bits per heavy atom. The van der Waals surface area contributed by atoms with Crippen molar-refractivity contribution in [1.29, 1.82) is 0 Å². The van der Waals surface area contributed by atoms with E-state index in [0.717, 1.165) is 16.8 Å². The normalized spacial score (nSPS) is 16.6. The van der Waals surface area contributed by atoms with Crippen LogP contribution in [-0.2, 0) is 16.8 Å². The third kappa shape index (κ3) is 4.09. The Bertz CT molecular complexity index is 1300. The molecular formula is C29H31ClN2O4. The molecule has 1 aliphatic heterocycles. The summed E-state index contributed by atoms with van der Waals surface area (Å²) in [7, 11) is 3.20. The summed E-state index contributed by atoms with van der Waals surface area (Å²) in [6.45, 7) is 7.21. The zero-order valence-electron chi connectivity index (χ0n) is 21.3.